The van der Waals surface area contributed by atoms with Gasteiger partial charge in [-0.3, -0.25) is 14.9 Å². The molecule has 1 aromatic carbocycles. The Morgan fingerprint density at radius 2 is 2.00 bits per heavy atom. The molecular weight excluding hydrogens is 300 g/mol. The van der Waals surface area contributed by atoms with Crippen LogP contribution in [-0.4, -0.2) is 42.3 Å². The summed E-state index contributed by atoms with van der Waals surface area (Å²) in [4.78, 5) is 21.6. The lowest BCUT2D eigenvalue weighted by Crippen LogP contribution is -2.58. The highest BCUT2D eigenvalue weighted by molar-refractivity contribution is 7.89. The van der Waals surface area contributed by atoms with Crippen molar-refractivity contribution in [2.75, 3.05) is 6.54 Å². The third kappa shape index (κ3) is 2.18. The van der Waals surface area contributed by atoms with Gasteiger partial charge in [0.15, 0.2) is 4.90 Å². The van der Waals surface area contributed by atoms with Crippen LogP contribution in [0.1, 0.15) is 12.8 Å². The zero-order valence-corrected chi connectivity index (χ0v) is 11.7. The Labute approximate surface area is 120 Å². The first-order chi connectivity index (χ1) is 9.91. The van der Waals surface area contributed by atoms with Crippen LogP contribution < -0.4 is 0 Å². The van der Waals surface area contributed by atoms with E-state index in [4.69, 9.17) is 4.74 Å². The summed E-state index contributed by atoms with van der Waals surface area (Å²) < 4.78 is 31.4. The number of ether oxygens (including phenoxy) is 1. The maximum absolute atomic E-state index is 12.7. The number of morpholine rings is 1. The van der Waals surface area contributed by atoms with Crippen molar-refractivity contribution in [3.63, 3.8) is 0 Å². The lowest BCUT2D eigenvalue weighted by atomic mass is 9.99. The van der Waals surface area contributed by atoms with Gasteiger partial charge in [0, 0.05) is 6.07 Å². The largest absolute Gasteiger partial charge is 0.460 e. The van der Waals surface area contributed by atoms with E-state index in [0.717, 1.165) is 10.4 Å². The Bertz CT molecular complexity index is 716. The van der Waals surface area contributed by atoms with E-state index in [9.17, 15) is 23.3 Å². The van der Waals surface area contributed by atoms with Crippen molar-refractivity contribution < 1.29 is 22.9 Å². The van der Waals surface area contributed by atoms with Crippen molar-refractivity contribution in [1.82, 2.24) is 4.31 Å². The molecule has 3 fully saturated rings. The van der Waals surface area contributed by atoms with Gasteiger partial charge in [-0.05, 0) is 18.9 Å². The molecule has 9 heteroatoms. The normalized spacial score (nSPS) is 25.6. The molecule has 4 rings (SSSR count). The maximum Gasteiger partial charge on any atom is 0.324 e. The molecule has 0 aromatic heterocycles. The SMILES string of the molecule is O=C1OC2CCC1N(S(=O)(=O)c1ccccc1[N+](=O)[O-])C2. The summed E-state index contributed by atoms with van der Waals surface area (Å²) in [5, 5.41) is 11.0. The minimum absolute atomic E-state index is 0.0464. The number of para-hydroxylation sites is 1. The standard InChI is InChI=1S/C12H12N2O6S/c15-12-10-6-5-8(20-12)7-13(10)21(18,19)11-4-2-1-3-9(11)14(16)17/h1-4,8,10H,5-7H2. The second-order valence-corrected chi connectivity index (χ2v) is 6.81. The second-order valence-electron chi connectivity index (χ2n) is 4.95. The Morgan fingerprint density at radius 1 is 1.29 bits per heavy atom. The third-order valence-electron chi connectivity index (χ3n) is 3.70. The number of esters is 1. The number of hydrogen-bond donors (Lipinski definition) is 0. The van der Waals surface area contributed by atoms with Crippen LogP contribution in [0.4, 0.5) is 5.69 Å². The number of piperidine rings is 1. The molecular formula is C12H12N2O6S. The molecule has 2 bridgehead atoms. The topological polar surface area (TPSA) is 107 Å². The maximum atomic E-state index is 12.7. The van der Waals surface area contributed by atoms with E-state index in [-0.39, 0.29) is 6.54 Å². The highest BCUT2D eigenvalue weighted by atomic mass is 32.2. The van der Waals surface area contributed by atoms with Gasteiger partial charge in [0.2, 0.25) is 0 Å². The van der Waals surface area contributed by atoms with Crippen molar-refractivity contribution in [2.45, 2.75) is 29.9 Å². The van der Waals surface area contributed by atoms with Gasteiger partial charge < -0.3 is 4.74 Å². The number of benzene rings is 1. The van der Waals surface area contributed by atoms with Gasteiger partial charge in [0.25, 0.3) is 15.7 Å². The van der Waals surface area contributed by atoms with Gasteiger partial charge in [0.05, 0.1) is 11.5 Å². The van der Waals surface area contributed by atoms with Crippen molar-refractivity contribution in [2.24, 2.45) is 0 Å². The molecule has 0 aliphatic carbocycles. The van der Waals surface area contributed by atoms with Crippen molar-refractivity contribution in [3.05, 3.63) is 34.4 Å². The molecule has 8 nitrogen and oxygen atoms in total. The predicted molar refractivity (Wildman–Crippen MR) is 69.9 cm³/mol. The molecule has 0 N–H and O–H groups in total. The number of nitro groups is 1. The van der Waals surface area contributed by atoms with E-state index in [2.05, 4.69) is 0 Å². The first kappa shape index (κ1) is 14.0. The molecule has 0 amide bonds. The van der Waals surface area contributed by atoms with E-state index in [1.807, 2.05) is 0 Å². The van der Waals surface area contributed by atoms with Crippen LogP contribution in [0.3, 0.4) is 0 Å². The summed E-state index contributed by atoms with van der Waals surface area (Å²) in [6.45, 7) is 0.0464. The summed E-state index contributed by atoms with van der Waals surface area (Å²) in [6.07, 6.45) is 0.517. The molecule has 2 unspecified atom stereocenters. The summed E-state index contributed by atoms with van der Waals surface area (Å²) in [6, 6.07) is 4.24. The first-order valence-corrected chi connectivity index (χ1v) is 7.81. The highest BCUT2D eigenvalue weighted by Crippen LogP contribution is 2.34. The summed E-state index contributed by atoms with van der Waals surface area (Å²) >= 11 is 0. The molecule has 112 valence electrons. The Balaban J connectivity index is 2.06. The van der Waals surface area contributed by atoms with Gasteiger partial charge in [-0.2, -0.15) is 4.31 Å². The zero-order chi connectivity index (χ0) is 15.2. The number of hydrogen-bond acceptors (Lipinski definition) is 6. The van der Waals surface area contributed by atoms with E-state index < -0.39 is 43.6 Å². The fourth-order valence-corrected chi connectivity index (χ4v) is 4.50. The average Bonchev–Trinajstić information content (AvgIpc) is 2.47. The van der Waals surface area contributed by atoms with Crippen LogP contribution >= 0.6 is 0 Å². The van der Waals surface area contributed by atoms with E-state index >= 15 is 0 Å². The average molecular weight is 312 g/mol. The fraction of sp³-hybridized carbons (Fsp3) is 0.417. The third-order valence-corrected chi connectivity index (χ3v) is 5.62. The van der Waals surface area contributed by atoms with Crippen LogP contribution in [0.5, 0.6) is 0 Å². The highest BCUT2D eigenvalue weighted by Gasteiger charge is 2.48. The molecule has 3 aliphatic rings. The summed E-state index contributed by atoms with van der Waals surface area (Å²) in [5.74, 6) is -0.584. The fourth-order valence-electron chi connectivity index (χ4n) is 2.70. The number of carbonyl (C=O) groups is 1. The zero-order valence-electron chi connectivity index (χ0n) is 10.8. The van der Waals surface area contributed by atoms with Crippen molar-refractivity contribution in [3.8, 4) is 0 Å². The summed E-state index contributed by atoms with van der Waals surface area (Å²) in [7, 11) is -4.11. The van der Waals surface area contributed by atoms with Gasteiger partial charge in [-0.15, -0.1) is 0 Å². The van der Waals surface area contributed by atoms with Gasteiger partial charge in [-0.1, -0.05) is 12.1 Å². The van der Waals surface area contributed by atoms with Gasteiger partial charge in [0.1, 0.15) is 12.1 Å². The van der Waals surface area contributed by atoms with Gasteiger partial charge >= 0.3 is 5.97 Å². The molecule has 2 atom stereocenters. The molecule has 0 radical (unpaired) electrons. The number of rotatable bonds is 3. The number of carbonyl (C=O) groups excluding carboxylic acids is 1. The second kappa shape index (κ2) is 4.78. The Morgan fingerprint density at radius 3 is 2.62 bits per heavy atom. The number of nitro benzene ring substituents is 1. The predicted octanol–water partition coefficient (Wildman–Crippen LogP) is 0.673. The van der Waals surface area contributed by atoms with Crippen LogP contribution in [0, 0.1) is 10.1 Å². The van der Waals surface area contributed by atoms with Crippen LogP contribution in [-0.2, 0) is 19.6 Å². The summed E-state index contributed by atoms with van der Waals surface area (Å²) in [5.41, 5.74) is -0.493. The molecule has 0 saturated carbocycles. The first-order valence-electron chi connectivity index (χ1n) is 6.37. The van der Waals surface area contributed by atoms with Crippen LogP contribution in [0.2, 0.25) is 0 Å². The van der Waals surface area contributed by atoms with E-state index in [1.54, 1.807) is 0 Å². The van der Waals surface area contributed by atoms with Gasteiger partial charge in [-0.25, -0.2) is 8.42 Å². The van der Waals surface area contributed by atoms with E-state index in [0.29, 0.717) is 12.8 Å². The molecule has 3 aliphatic heterocycles. The smallest absolute Gasteiger partial charge is 0.324 e. The molecule has 21 heavy (non-hydrogen) atoms. The minimum Gasteiger partial charge on any atom is -0.460 e. The number of sulfonamides is 1. The van der Waals surface area contributed by atoms with Crippen molar-refractivity contribution in [1.29, 1.82) is 0 Å². The quantitative estimate of drug-likeness (QED) is 0.461. The Hall–Kier alpha value is -2.00. The number of nitrogens with zero attached hydrogens (tertiary/aromatic N) is 2. The Kier molecular flexibility index (Phi) is 3.18. The monoisotopic (exact) mass is 312 g/mol. The molecule has 1 aromatic rings. The lowest BCUT2D eigenvalue weighted by molar-refractivity contribution is -0.387. The molecule has 3 saturated heterocycles. The molecule has 3 heterocycles. The molecule has 0 spiro atoms. The lowest BCUT2D eigenvalue weighted by Gasteiger charge is -2.42. The van der Waals surface area contributed by atoms with Crippen molar-refractivity contribution >= 4 is 21.7 Å². The number of fused-ring (bicyclic) bond motifs is 3. The van der Waals surface area contributed by atoms with Crippen LogP contribution in [0.15, 0.2) is 29.2 Å². The van der Waals surface area contributed by atoms with Crippen LogP contribution in [0.25, 0.3) is 0 Å². The minimum atomic E-state index is -4.11. The van der Waals surface area contributed by atoms with E-state index in [1.165, 1.54) is 18.2 Å².